The van der Waals surface area contributed by atoms with Gasteiger partial charge in [0.1, 0.15) is 0 Å². The van der Waals surface area contributed by atoms with Gasteiger partial charge in [0.2, 0.25) is 0 Å². The zero-order valence-electron chi connectivity index (χ0n) is 11.3. The molecule has 0 spiro atoms. The van der Waals surface area contributed by atoms with Crippen molar-refractivity contribution >= 4 is 11.8 Å². The van der Waals surface area contributed by atoms with Crippen molar-refractivity contribution in [3.8, 4) is 0 Å². The first-order valence-corrected chi connectivity index (χ1v) is 7.82. The maximum absolute atomic E-state index is 6.12. The predicted molar refractivity (Wildman–Crippen MR) is 75.0 cm³/mol. The third-order valence-corrected chi connectivity index (χ3v) is 5.06. The molecule has 1 aliphatic rings. The lowest BCUT2D eigenvalue weighted by Crippen LogP contribution is -2.54. The van der Waals surface area contributed by atoms with Crippen molar-refractivity contribution < 1.29 is 0 Å². The molecular formula is C13H28N2S. The predicted octanol–water partition coefficient (Wildman–Crippen LogP) is 2.58. The van der Waals surface area contributed by atoms with Crippen molar-refractivity contribution in [2.45, 2.75) is 58.7 Å². The normalized spacial score (nSPS) is 33.9. The van der Waals surface area contributed by atoms with Crippen LogP contribution >= 0.6 is 11.8 Å². The fourth-order valence-corrected chi connectivity index (χ4v) is 3.41. The quantitative estimate of drug-likeness (QED) is 0.754. The molecule has 0 saturated carbocycles. The van der Waals surface area contributed by atoms with Crippen molar-refractivity contribution in [1.29, 1.82) is 0 Å². The third kappa shape index (κ3) is 3.64. The number of hydrogen-bond acceptors (Lipinski definition) is 3. The molecule has 2 N–H and O–H groups in total. The molecule has 1 aliphatic heterocycles. The summed E-state index contributed by atoms with van der Waals surface area (Å²) in [5.41, 5.74) is 6.12. The molecular weight excluding hydrogens is 216 g/mol. The molecule has 96 valence electrons. The second-order valence-electron chi connectivity index (χ2n) is 5.12. The highest BCUT2D eigenvalue weighted by molar-refractivity contribution is 7.99. The summed E-state index contributed by atoms with van der Waals surface area (Å²) in [5, 5.41) is 0. The summed E-state index contributed by atoms with van der Waals surface area (Å²) in [6.45, 7) is 10.4. The molecule has 3 heteroatoms. The second kappa shape index (κ2) is 6.87. The van der Waals surface area contributed by atoms with Gasteiger partial charge in [-0.1, -0.05) is 13.8 Å². The van der Waals surface area contributed by atoms with Gasteiger partial charge in [-0.3, -0.25) is 4.90 Å². The Morgan fingerprint density at radius 1 is 1.44 bits per heavy atom. The van der Waals surface area contributed by atoms with E-state index in [-0.39, 0.29) is 0 Å². The number of nitrogens with two attached hydrogens (primary N) is 1. The van der Waals surface area contributed by atoms with Crippen molar-refractivity contribution in [3.63, 3.8) is 0 Å². The van der Waals surface area contributed by atoms with Gasteiger partial charge in [-0.15, -0.1) is 0 Å². The highest BCUT2D eigenvalue weighted by atomic mass is 32.2. The number of nitrogens with zero attached hydrogens (tertiary/aromatic N) is 1. The molecule has 1 saturated heterocycles. The van der Waals surface area contributed by atoms with Gasteiger partial charge in [-0.05, 0) is 44.1 Å². The number of rotatable bonds is 5. The van der Waals surface area contributed by atoms with Crippen LogP contribution in [0.4, 0.5) is 0 Å². The Bertz CT molecular complexity index is 198. The van der Waals surface area contributed by atoms with Gasteiger partial charge < -0.3 is 5.73 Å². The summed E-state index contributed by atoms with van der Waals surface area (Å²) in [7, 11) is 0. The molecule has 4 atom stereocenters. The molecule has 2 nitrogen and oxygen atoms in total. The van der Waals surface area contributed by atoms with Gasteiger partial charge in [0.05, 0.1) is 0 Å². The van der Waals surface area contributed by atoms with E-state index in [2.05, 4.69) is 44.4 Å². The minimum absolute atomic E-state index is 0.406. The van der Waals surface area contributed by atoms with E-state index in [1.165, 1.54) is 24.5 Å². The van der Waals surface area contributed by atoms with Crippen LogP contribution in [-0.4, -0.2) is 41.1 Å². The molecule has 1 rings (SSSR count). The molecule has 0 bridgehead atoms. The van der Waals surface area contributed by atoms with E-state index in [1.54, 1.807) is 0 Å². The van der Waals surface area contributed by atoms with Crippen molar-refractivity contribution in [3.05, 3.63) is 0 Å². The molecule has 1 fully saturated rings. The molecule has 1 heterocycles. The largest absolute Gasteiger partial charge is 0.327 e. The topological polar surface area (TPSA) is 29.3 Å². The van der Waals surface area contributed by atoms with Crippen LogP contribution in [0.5, 0.6) is 0 Å². The maximum Gasteiger partial charge on any atom is 0.0110 e. The second-order valence-corrected chi connectivity index (χ2v) is 6.52. The van der Waals surface area contributed by atoms with Crippen molar-refractivity contribution in [2.24, 2.45) is 11.7 Å². The Morgan fingerprint density at radius 2 is 2.12 bits per heavy atom. The average Bonchev–Trinajstić information content (AvgIpc) is 2.26. The maximum atomic E-state index is 6.12. The smallest absolute Gasteiger partial charge is 0.0110 e. The molecule has 0 aliphatic carbocycles. The minimum atomic E-state index is 0.406. The molecule has 0 amide bonds. The van der Waals surface area contributed by atoms with E-state index in [9.17, 15) is 0 Å². The lowest BCUT2D eigenvalue weighted by Gasteiger charge is -2.44. The molecule has 4 unspecified atom stereocenters. The standard InChI is InChI=1S/C13H28N2S/c1-5-16-9-7-10(2)15-8-6-13(14)11(3)12(15)4/h10-13H,5-9,14H2,1-4H3. The van der Waals surface area contributed by atoms with Crippen LogP contribution in [-0.2, 0) is 0 Å². The summed E-state index contributed by atoms with van der Waals surface area (Å²) in [5.74, 6) is 3.17. The first kappa shape index (κ1) is 14.3. The first-order valence-electron chi connectivity index (χ1n) is 6.67. The van der Waals surface area contributed by atoms with Crippen molar-refractivity contribution in [1.82, 2.24) is 4.90 Å². The van der Waals surface area contributed by atoms with Crippen LogP contribution in [0.15, 0.2) is 0 Å². The third-order valence-electron chi connectivity index (χ3n) is 4.13. The van der Waals surface area contributed by atoms with E-state index >= 15 is 0 Å². The molecule has 0 aromatic rings. The monoisotopic (exact) mass is 244 g/mol. The van der Waals surface area contributed by atoms with Crippen LogP contribution in [0.3, 0.4) is 0 Å². The van der Waals surface area contributed by atoms with Gasteiger partial charge in [0, 0.05) is 24.7 Å². The SMILES string of the molecule is CCSCCC(C)N1CCC(N)C(C)C1C. The Labute approximate surface area is 105 Å². The fourth-order valence-electron chi connectivity index (χ4n) is 2.61. The van der Waals surface area contributed by atoms with E-state index in [0.29, 0.717) is 24.0 Å². The molecule has 0 aromatic carbocycles. The van der Waals surface area contributed by atoms with E-state index in [0.717, 1.165) is 6.42 Å². The van der Waals surface area contributed by atoms with Crippen LogP contribution < -0.4 is 5.73 Å². The lowest BCUT2D eigenvalue weighted by atomic mass is 9.86. The zero-order valence-corrected chi connectivity index (χ0v) is 12.1. The number of likely N-dealkylation sites (tertiary alicyclic amines) is 1. The zero-order chi connectivity index (χ0) is 12.1. The molecule has 0 aromatic heterocycles. The molecule has 0 radical (unpaired) electrons. The average molecular weight is 244 g/mol. The Balaban J connectivity index is 2.40. The number of piperidine rings is 1. The number of thioether (sulfide) groups is 1. The summed E-state index contributed by atoms with van der Waals surface area (Å²) >= 11 is 2.05. The Kier molecular flexibility index (Phi) is 6.16. The van der Waals surface area contributed by atoms with E-state index in [1.807, 2.05) is 0 Å². The summed E-state index contributed by atoms with van der Waals surface area (Å²) < 4.78 is 0. The van der Waals surface area contributed by atoms with Crippen molar-refractivity contribution in [2.75, 3.05) is 18.1 Å². The van der Waals surface area contributed by atoms with Gasteiger partial charge >= 0.3 is 0 Å². The lowest BCUT2D eigenvalue weighted by molar-refractivity contribution is 0.0620. The molecule has 16 heavy (non-hydrogen) atoms. The van der Waals surface area contributed by atoms with Gasteiger partial charge in [0.25, 0.3) is 0 Å². The van der Waals surface area contributed by atoms with Gasteiger partial charge in [-0.2, -0.15) is 11.8 Å². The Morgan fingerprint density at radius 3 is 2.75 bits per heavy atom. The highest BCUT2D eigenvalue weighted by Crippen LogP contribution is 2.25. The van der Waals surface area contributed by atoms with Crippen LogP contribution in [0.2, 0.25) is 0 Å². The van der Waals surface area contributed by atoms with E-state index in [4.69, 9.17) is 5.73 Å². The van der Waals surface area contributed by atoms with Gasteiger partial charge in [0.15, 0.2) is 0 Å². The fraction of sp³-hybridized carbons (Fsp3) is 1.00. The van der Waals surface area contributed by atoms with Crippen LogP contribution in [0.1, 0.15) is 40.5 Å². The first-order chi connectivity index (χ1) is 7.57. The number of hydrogen-bond donors (Lipinski definition) is 1. The highest BCUT2D eigenvalue weighted by Gasteiger charge is 2.32. The Hall–Kier alpha value is 0.270. The van der Waals surface area contributed by atoms with Gasteiger partial charge in [-0.25, -0.2) is 0 Å². The van der Waals surface area contributed by atoms with Crippen LogP contribution in [0, 0.1) is 5.92 Å². The minimum Gasteiger partial charge on any atom is -0.327 e. The van der Waals surface area contributed by atoms with E-state index < -0.39 is 0 Å². The summed E-state index contributed by atoms with van der Waals surface area (Å²) in [4.78, 5) is 2.66. The summed E-state index contributed by atoms with van der Waals surface area (Å²) in [6, 6.07) is 1.76. The van der Waals surface area contributed by atoms with Crippen LogP contribution in [0.25, 0.3) is 0 Å². The summed E-state index contributed by atoms with van der Waals surface area (Å²) in [6.07, 6.45) is 2.47.